The fourth-order valence-electron chi connectivity index (χ4n) is 1.01. The van der Waals surface area contributed by atoms with E-state index in [9.17, 15) is 0 Å². The zero-order valence-electron chi connectivity index (χ0n) is 6.31. The summed E-state index contributed by atoms with van der Waals surface area (Å²) in [5, 5.41) is 1.20. The molecule has 1 aromatic carbocycles. The third-order valence-electron chi connectivity index (χ3n) is 1.62. The van der Waals surface area contributed by atoms with Crippen molar-refractivity contribution in [3.63, 3.8) is 0 Å². The molecule has 1 nitrogen and oxygen atoms in total. The Bertz CT molecular complexity index is 232. The Hall–Kier alpha value is -0.550. The molecule has 1 unspecified atom stereocenters. The van der Waals surface area contributed by atoms with E-state index >= 15 is 0 Å². The lowest BCUT2D eigenvalue weighted by Crippen LogP contribution is -1.99. The molecule has 1 atom stereocenters. The number of benzene rings is 1. The van der Waals surface area contributed by atoms with Crippen LogP contribution in [0.2, 0.25) is 0 Å². The Morgan fingerprint density at radius 1 is 1.20 bits per heavy atom. The molecule has 0 saturated heterocycles. The second kappa shape index (κ2) is 2.59. The molecule has 0 radical (unpaired) electrons. The molecule has 2 heteroatoms. The van der Waals surface area contributed by atoms with Crippen molar-refractivity contribution in [2.45, 2.75) is 13.8 Å². The molecule has 1 aromatic rings. The fourth-order valence-corrected chi connectivity index (χ4v) is 1.51. The Labute approximate surface area is 63.8 Å². The maximum absolute atomic E-state index is 5.74. The predicted molar refractivity (Wildman–Crippen MR) is 49.7 cm³/mol. The van der Waals surface area contributed by atoms with Gasteiger partial charge in [-0.3, -0.25) is 0 Å². The van der Waals surface area contributed by atoms with Crippen molar-refractivity contribution in [1.82, 2.24) is 0 Å². The summed E-state index contributed by atoms with van der Waals surface area (Å²) in [6.45, 7) is 4.05. The summed E-state index contributed by atoms with van der Waals surface area (Å²) in [6, 6.07) is 4.12. The summed E-state index contributed by atoms with van der Waals surface area (Å²) >= 11 is 0. The van der Waals surface area contributed by atoms with Crippen molar-refractivity contribution in [2.75, 3.05) is 5.73 Å². The van der Waals surface area contributed by atoms with Gasteiger partial charge in [0, 0.05) is 5.69 Å². The highest BCUT2D eigenvalue weighted by molar-refractivity contribution is 7.27. The number of nitrogen functional groups attached to an aromatic ring is 1. The van der Waals surface area contributed by atoms with E-state index in [0.29, 0.717) is 0 Å². The van der Waals surface area contributed by atoms with E-state index in [4.69, 9.17) is 5.73 Å². The van der Waals surface area contributed by atoms with Crippen LogP contribution in [0.3, 0.4) is 0 Å². The van der Waals surface area contributed by atoms with Crippen LogP contribution in [-0.4, -0.2) is 0 Å². The lowest BCUT2D eigenvalue weighted by Gasteiger charge is -2.04. The molecule has 1 rings (SSSR count). The van der Waals surface area contributed by atoms with Crippen LogP contribution in [0.5, 0.6) is 0 Å². The van der Waals surface area contributed by atoms with Crippen LogP contribution in [0, 0.1) is 13.8 Å². The van der Waals surface area contributed by atoms with Crippen LogP contribution >= 0.6 is 9.24 Å². The first-order valence-corrected chi connectivity index (χ1v) is 3.81. The van der Waals surface area contributed by atoms with Gasteiger partial charge in [-0.15, -0.1) is 9.24 Å². The van der Waals surface area contributed by atoms with Gasteiger partial charge >= 0.3 is 0 Å². The highest BCUT2D eigenvalue weighted by atomic mass is 31.0. The van der Waals surface area contributed by atoms with Crippen molar-refractivity contribution in [1.29, 1.82) is 0 Å². The first-order chi connectivity index (χ1) is 4.61. The van der Waals surface area contributed by atoms with Gasteiger partial charge in [0.05, 0.1) is 0 Å². The van der Waals surface area contributed by atoms with E-state index in [-0.39, 0.29) is 0 Å². The normalized spacial score (nSPS) is 9.90. The maximum Gasteiger partial charge on any atom is 0.0373 e. The zero-order valence-corrected chi connectivity index (χ0v) is 7.46. The van der Waals surface area contributed by atoms with Gasteiger partial charge in [-0.05, 0) is 30.3 Å². The van der Waals surface area contributed by atoms with Gasteiger partial charge in [0.2, 0.25) is 0 Å². The van der Waals surface area contributed by atoms with Crippen LogP contribution in [-0.2, 0) is 0 Å². The standard InChI is InChI=1S/C8H12NP/c1-5-3-7(10)4-6(2)8(5)9/h3-4H,9-10H2,1-2H3. The van der Waals surface area contributed by atoms with E-state index < -0.39 is 0 Å². The van der Waals surface area contributed by atoms with Gasteiger partial charge in [-0.25, -0.2) is 0 Å². The number of hydrogen-bond donors (Lipinski definition) is 1. The van der Waals surface area contributed by atoms with Gasteiger partial charge < -0.3 is 5.73 Å². The van der Waals surface area contributed by atoms with Gasteiger partial charge in [-0.2, -0.15) is 0 Å². The minimum atomic E-state index is 0.909. The Morgan fingerprint density at radius 2 is 1.60 bits per heavy atom. The van der Waals surface area contributed by atoms with Crippen LogP contribution in [0.15, 0.2) is 12.1 Å². The van der Waals surface area contributed by atoms with E-state index in [1.165, 1.54) is 5.30 Å². The monoisotopic (exact) mass is 153 g/mol. The SMILES string of the molecule is Cc1cc(P)cc(C)c1N. The van der Waals surface area contributed by atoms with Gasteiger partial charge in [0.25, 0.3) is 0 Å². The van der Waals surface area contributed by atoms with E-state index in [1.807, 2.05) is 13.8 Å². The average Bonchev–Trinajstić information content (AvgIpc) is 1.82. The van der Waals surface area contributed by atoms with Crippen molar-refractivity contribution in [3.05, 3.63) is 23.3 Å². The summed E-state index contributed by atoms with van der Waals surface area (Å²) in [4.78, 5) is 0. The molecular weight excluding hydrogens is 141 g/mol. The third kappa shape index (κ3) is 1.30. The highest BCUT2D eigenvalue weighted by Crippen LogP contribution is 2.14. The molecule has 0 heterocycles. The van der Waals surface area contributed by atoms with Crippen molar-refractivity contribution in [2.24, 2.45) is 0 Å². The molecule has 0 aliphatic carbocycles. The Morgan fingerprint density at radius 3 is 2.00 bits per heavy atom. The smallest absolute Gasteiger partial charge is 0.0373 e. The molecule has 0 amide bonds. The minimum absolute atomic E-state index is 0.909. The van der Waals surface area contributed by atoms with Crippen molar-refractivity contribution in [3.8, 4) is 0 Å². The number of aryl methyl sites for hydroxylation is 2. The Balaban J connectivity index is 3.31. The van der Waals surface area contributed by atoms with Crippen LogP contribution in [0.4, 0.5) is 5.69 Å². The molecule has 0 bridgehead atoms. The largest absolute Gasteiger partial charge is 0.398 e. The molecular formula is C8H12NP. The summed E-state index contributed by atoms with van der Waals surface area (Å²) in [5.41, 5.74) is 8.96. The number of hydrogen-bond acceptors (Lipinski definition) is 1. The summed E-state index contributed by atoms with van der Waals surface area (Å²) in [5.74, 6) is 0. The lowest BCUT2D eigenvalue weighted by atomic mass is 10.1. The average molecular weight is 153 g/mol. The van der Waals surface area contributed by atoms with Crippen molar-refractivity contribution >= 4 is 20.2 Å². The molecule has 0 aliphatic heterocycles. The summed E-state index contributed by atoms with van der Waals surface area (Å²) in [7, 11) is 2.66. The van der Waals surface area contributed by atoms with Crippen LogP contribution in [0.25, 0.3) is 0 Å². The van der Waals surface area contributed by atoms with E-state index in [1.54, 1.807) is 0 Å². The van der Waals surface area contributed by atoms with Gasteiger partial charge in [-0.1, -0.05) is 12.1 Å². The maximum atomic E-state index is 5.74. The van der Waals surface area contributed by atoms with Crippen molar-refractivity contribution < 1.29 is 0 Å². The first-order valence-electron chi connectivity index (χ1n) is 3.23. The van der Waals surface area contributed by atoms with Crippen LogP contribution in [0.1, 0.15) is 11.1 Å². The predicted octanol–water partition coefficient (Wildman–Crippen LogP) is 1.39. The summed E-state index contributed by atoms with van der Waals surface area (Å²) < 4.78 is 0. The summed E-state index contributed by atoms with van der Waals surface area (Å²) in [6.07, 6.45) is 0. The molecule has 0 fully saturated rings. The molecule has 0 aliphatic rings. The molecule has 2 N–H and O–H groups in total. The quantitative estimate of drug-likeness (QED) is 0.442. The fraction of sp³-hybridized carbons (Fsp3) is 0.250. The minimum Gasteiger partial charge on any atom is -0.398 e. The molecule has 0 aromatic heterocycles. The topological polar surface area (TPSA) is 26.0 Å². The molecule has 0 saturated carbocycles. The van der Waals surface area contributed by atoms with E-state index in [2.05, 4.69) is 21.4 Å². The number of anilines is 1. The van der Waals surface area contributed by atoms with Gasteiger partial charge in [0.1, 0.15) is 0 Å². The van der Waals surface area contributed by atoms with E-state index in [0.717, 1.165) is 16.8 Å². The Kier molecular flexibility index (Phi) is 1.96. The lowest BCUT2D eigenvalue weighted by molar-refractivity contribution is 1.41. The highest BCUT2D eigenvalue weighted by Gasteiger charge is 1.96. The molecule has 10 heavy (non-hydrogen) atoms. The van der Waals surface area contributed by atoms with Gasteiger partial charge in [0.15, 0.2) is 0 Å². The third-order valence-corrected chi connectivity index (χ3v) is 1.95. The second-order valence-electron chi connectivity index (χ2n) is 2.57. The first kappa shape index (κ1) is 7.56. The zero-order chi connectivity index (χ0) is 7.72. The molecule has 54 valence electrons. The number of rotatable bonds is 0. The number of nitrogens with two attached hydrogens (primary N) is 1. The van der Waals surface area contributed by atoms with Crippen LogP contribution < -0.4 is 11.0 Å². The molecule has 0 spiro atoms. The second-order valence-corrected chi connectivity index (χ2v) is 3.24.